The molecule has 0 amide bonds. The average Bonchev–Trinajstić information content (AvgIpc) is 3.30. The summed E-state index contributed by atoms with van der Waals surface area (Å²) in [5, 5.41) is 17.1. The van der Waals surface area contributed by atoms with Crippen molar-refractivity contribution in [2.24, 2.45) is 5.10 Å². The van der Waals surface area contributed by atoms with Crippen molar-refractivity contribution >= 4 is 49.7 Å². The van der Waals surface area contributed by atoms with Crippen molar-refractivity contribution in [3.05, 3.63) is 91.2 Å². The van der Waals surface area contributed by atoms with E-state index < -0.39 is 10.5 Å². The molecule has 0 saturated carbocycles. The van der Waals surface area contributed by atoms with Gasteiger partial charge in [0.05, 0.1) is 36.3 Å². The first-order valence-corrected chi connectivity index (χ1v) is 11.3. The molecule has 0 aliphatic carbocycles. The zero-order valence-corrected chi connectivity index (χ0v) is 20.6. The van der Waals surface area contributed by atoms with Gasteiger partial charge in [0.1, 0.15) is 5.58 Å². The topological polar surface area (TPSA) is 122 Å². The first-order valence-electron chi connectivity index (χ1n) is 10.6. The number of halogens is 1. The van der Waals surface area contributed by atoms with Crippen molar-refractivity contribution in [1.82, 2.24) is 9.66 Å². The van der Waals surface area contributed by atoms with Crippen molar-refractivity contribution < 1.29 is 18.8 Å². The van der Waals surface area contributed by atoms with E-state index >= 15 is 0 Å². The van der Waals surface area contributed by atoms with E-state index in [1.807, 2.05) is 12.1 Å². The van der Waals surface area contributed by atoms with Crippen LogP contribution >= 0.6 is 15.9 Å². The van der Waals surface area contributed by atoms with Crippen LogP contribution in [0.25, 0.3) is 33.5 Å². The minimum absolute atomic E-state index is 0.0154. The molecule has 36 heavy (non-hydrogen) atoms. The number of hydrogen-bond donors (Lipinski definition) is 0. The Morgan fingerprint density at radius 3 is 2.67 bits per heavy atom. The van der Waals surface area contributed by atoms with Gasteiger partial charge in [-0.3, -0.25) is 14.9 Å². The zero-order valence-electron chi connectivity index (χ0n) is 19.0. The lowest BCUT2D eigenvalue weighted by Gasteiger charge is -2.09. The van der Waals surface area contributed by atoms with Gasteiger partial charge in [-0.15, -0.1) is 0 Å². The number of furan rings is 1. The quantitative estimate of drug-likeness (QED) is 0.158. The van der Waals surface area contributed by atoms with Crippen molar-refractivity contribution in [2.75, 3.05) is 14.2 Å². The molecular weight excluding hydrogens is 532 g/mol. The van der Waals surface area contributed by atoms with Gasteiger partial charge in [-0.05, 0) is 42.5 Å². The van der Waals surface area contributed by atoms with Crippen molar-refractivity contribution in [3.8, 4) is 23.1 Å². The summed E-state index contributed by atoms with van der Waals surface area (Å²) in [6.45, 7) is 0. The van der Waals surface area contributed by atoms with Crippen molar-refractivity contribution in [3.63, 3.8) is 0 Å². The van der Waals surface area contributed by atoms with Gasteiger partial charge in [0.15, 0.2) is 11.5 Å². The molecule has 0 atom stereocenters. The number of nitrogens with zero attached hydrogens (tertiary/aromatic N) is 4. The van der Waals surface area contributed by atoms with Gasteiger partial charge in [0.25, 0.3) is 5.56 Å². The van der Waals surface area contributed by atoms with E-state index in [0.29, 0.717) is 27.8 Å². The number of fused-ring (bicyclic) bond motifs is 2. The van der Waals surface area contributed by atoms with E-state index in [2.05, 4.69) is 26.0 Å². The third-order valence-corrected chi connectivity index (χ3v) is 5.95. The smallest absolute Gasteiger partial charge is 0.315 e. The third kappa shape index (κ3) is 4.09. The molecule has 5 aromatic rings. The van der Waals surface area contributed by atoms with Crippen LogP contribution in [0.2, 0.25) is 0 Å². The van der Waals surface area contributed by atoms with Crippen LogP contribution in [0.3, 0.4) is 0 Å². The number of nitro benzene ring substituents is 1. The number of methoxy groups -OCH3 is 2. The molecule has 0 fully saturated rings. The molecule has 0 N–H and O–H groups in total. The van der Waals surface area contributed by atoms with Gasteiger partial charge in [0, 0.05) is 21.5 Å². The SMILES string of the molecule is COc1cc(C=Nn2c(-c3cc4cc(Br)ccc4o3)nc3ccccc3c2=O)cc([N+](=O)[O-])c1OC. The fourth-order valence-corrected chi connectivity index (χ4v) is 4.19. The maximum Gasteiger partial charge on any atom is 0.315 e. The second kappa shape index (κ2) is 9.27. The minimum atomic E-state index is -0.583. The largest absolute Gasteiger partial charge is 0.493 e. The van der Waals surface area contributed by atoms with Gasteiger partial charge in [0.2, 0.25) is 11.6 Å². The number of nitro groups is 1. The second-order valence-electron chi connectivity index (χ2n) is 7.64. The zero-order chi connectivity index (χ0) is 25.4. The summed E-state index contributed by atoms with van der Waals surface area (Å²) in [7, 11) is 2.69. The molecule has 3 aromatic carbocycles. The molecule has 11 heteroatoms. The fraction of sp³-hybridized carbons (Fsp3) is 0.0800. The summed E-state index contributed by atoms with van der Waals surface area (Å²) in [6, 6.07) is 17.0. The van der Waals surface area contributed by atoms with E-state index in [4.69, 9.17) is 13.9 Å². The lowest BCUT2D eigenvalue weighted by molar-refractivity contribution is -0.385. The monoisotopic (exact) mass is 548 g/mol. The predicted octanol–water partition coefficient (Wildman–Crippen LogP) is 5.38. The Morgan fingerprint density at radius 1 is 1.11 bits per heavy atom. The van der Waals surface area contributed by atoms with E-state index in [9.17, 15) is 14.9 Å². The lowest BCUT2D eigenvalue weighted by Crippen LogP contribution is -2.20. The molecule has 0 bridgehead atoms. The summed E-state index contributed by atoms with van der Waals surface area (Å²) in [6.07, 6.45) is 1.32. The average molecular weight is 549 g/mol. The summed E-state index contributed by atoms with van der Waals surface area (Å²) >= 11 is 3.44. The van der Waals surface area contributed by atoms with Crippen LogP contribution in [0.5, 0.6) is 11.5 Å². The Balaban J connectivity index is 1.71. The molecule has 2 heterocycles. The third-order valence-electron chi connectivity index (χ3n) is 5.45. The highest BCUT2D eigenvalue weighted by molar-refractivity contribution is 9.10. The highest BCUT2D eigenvalue weighted by Crippen LogP contribution is 2.37. The van der Waals surface area contributed by atoms with Crippen LogP contribution in [-0.2, 0) is 0 Å². The molecule has 0 spiro atoms. The van der Waals surface area contributed by atoms with Crippen LogP contribution < -0.4 is 15.0 Å². The highest BCUT2D eigenvalue weighted by atomic mass is 79.9. The van der Waals surface area contributed by atoms with Gasteiger partial charge in [-0.1, -0.05) is 28.1 Å². The molecule has 0 radical (unpaired) electrons. The van der Waals surface area contributed by atoms with Crippen LogP contribution in [0, 0.1) is 10.1 Å². The first kappa shape index (κ1) is 23.2. The Kier molecular flexibility index (Phi) is 5.98. The molecule has 0 aliphatic heterocycles. The number of benzene rings is 3. The summed E-state index contributed by atoms with van der Waals surface area (Å²) in [5.41, 5.74) is 0.682. The van der Waals surface area contributed by atoms with Gasteiger partial charge < -0.3 is 13.9 Å². The Bertz CT molecular complexity index is 1740. The summed E-state index contributed by atoms with van der Waals surface area (Å²) in [4.78, 5) is 29.0. The van der Waals surface area contributed by atoms with Gasteiger partial charge in [-0.25, -0.2) is 4.98 Å². The molecule has 180 valence electrons. The predicted molar refractivity (Wildman–Crippen MR) is 138 cm³/mol. The maximum atomic E-state index is 13.4. The molecule has 0 unspecified atom stereocenters. The summed E-state index contributed by atoms with van der Waals surface area (Å²) in [5.74, 6) is 0.650. The summed E-state index contributed by atoms with van der Waals surface area (Å²) < 4.78 is 18.3. The lowest BCUT2D eigenvalue weighted by atomic mass is 10.2. The second-order valence-corrected chi connectivity index (χ2v) is 8.56. The van der Waals surface area contributed by atoms with Crippen molar-refractivity contribution in [2.45, 2.75) is 0 Å². The number of aromatic nitrogens is 2. The molecule has 0 aliphatic rings. The van der Waals surface area contributed by atoms with Crippen LogP contribution in [0.15, 0.2) is 79.4 Å². The molecule has 2 aromatic heterocycles. The van der Waals surface area contributed by atoms with E-state index in [1.165, 1.54) is 32.6 Å². The molecular formula is C25H17BrN4O6. The Hall–Kier alpha value is -4.51. The van der Waals surface area contributed by atoms with Crippen LogP contribution in [-0.4, -0.2) is 35.0 Å². The Morgan fingerprint density at radius 2 is 1.92 bits per heavy atom. The normalized spacial score (nSPS) is 11.4. The van der Waals surface area contributed by atoms with Crippen LogP contribution in [0.1, 0.15) is 5.56 Å². The van der Waals surface area contributed by atoms with E-state index in [1.54, 1.807) is 36.4 Å². The van der Waals surface area contributed by atoms with E-state index in [0.717, 1.165) is 14.5 Å². The van der Waals surface area contributed by atoms with Gasteiger partial charge >= 0.3 is 5.69 Å². The molecule has 10 nitrogen and oxygen atoms in total. The number of rotatable bonds is 6. The first-order chi connectivity index (χ1) is 17.4. The fourth-order valence-electron chi connectivity index (χ4n) is 3.81. The molecule has 5 rings (SSSR count). The van der Waals surface area contributed by atoms with Gasteiger partial charge in [-0.2, -0.15) is 9.78 Å². The van der Waals surface area contributed by atoms with E-state index in [-0.39, 0.29) is 23.0 Å². The number of ether oxygens (including phenoxy) is 2. The van der Waals surface area contributed by atoms with Crippen LogP contribution in [0.4, 0.5) is 5.69 Å². The number of para-hydroxylation sites is 1. The number of hydrogen-bond acceptors (Lipinski definition) is 8. The highest BCUT2D eigenvalue weighted by Gasteiger charge is 2.21. The van der Waals surface area contributed by atoms with Crippen molar-refractivity contribution in [1.29, 1.82) is 0 Å². The Labute approximate surface area is 211 Å². The molecule has 0 saturated heterocycles. The standard InChI is InChI=1S/C25H17BrN4O6/c1-34-21-10-14(9-19(30(32)33)23(21)35-2)13-27-29-24(28-18-6-4-3-5-17(18)25(29)31)22-12-15-11-16(26)7-8-20(15)36-22/h3-13H,1-2H3. The maximum absolute atomic E-state index is 13.4. The minimum Gasteiger partial charge on any atom is -0.493 e.